The number of nitro benzene ring substituents is 1. The molecule has 0 aromatic heterocycles. The molecular formula is C13H17FN2O2. The van der Waals surface area contributed by atoms with Crippen molar-refractivity contribution >= 4 is 11.4 Å². The van der Waals surface area contributed by atoms with Crippen molar-refractivity contribution in [2.75, 3.05) is 11.9 Å². The second-order valence-electron chi connectivity index (χ2n) is 4.89. The van der Waals surface area contributed by atoms with Crippen molar-refractivity contribution in [1.29, 1.82) is 0 Å². The Bertz CT molecular complexity index is 459. The topological polar surface area (TPSA) is 55.2 Å². The van der Waals surface area contributed by atoms with E-state index in [9.17, 15) is 14.5 Å². The first-order valence-corrected chi connectivity index (χ1v) is 6.26. The summed E-state index contributed by atoms with van der Waals surface area (Å²) in [7, 11) is 0. The number of halogens is 1. The maximum absolute atomic E-state index is 13.3. The molecule has 1 aliphatic rings. The highest BCUT2D eigenvalue weighted by atomic mass is 19.1. The number of anilines is 1. The third kappa shape index (κ3) is 2.78. The van der Waals surface area contributed by atoms with E-state index in [0.717, 1.165) is 18.4 Å². The summed E-state index contributed by atoms with van der Waals surface area (Å²) in [6.07, 6.45) is 4.83. The molecule has 1 fully saturated rings. The zero-order valence-corrected chi connectivity index (χ0v) is 10.4. The van der Waals surface area contributed by atoms with Gasteiger partial charge >= 0.3 is 0 Å². The zero-order chi connectivity index (χ0) is 13.1. The third-order valence-corrected chi connectivity index (χ3v) is 3.57. The van der Waals surface area contributed by atoms with Gasteiger partial charge in [-0.05, 0) is 30.9 Å². The second-order valence-corrected chi connectivity index (χ2v) is 4.89. The van der Waals surface area contributed by atoms with Gasteiger partial charge in [-0.1, -0.05) is 19.3 Å². The molecule has 0 unspecified atom stereocenters. The summed E-state index contributed by atoms with van der Waals surface area (Å²) in [5.74, 6) is 0.212. The Morgan fingerprint density at radius 2 is 2.22 bits per heavy atom. The molecular weight excluding hydrogens is 235 g/mol. The highest BCUT2D eigenvalue weighted by molar-refractivity contribution is 5.63. The van der Waals surface area contributed by atoms with Crippen LogP contribution in [0.15, 0.2) is 12.1 Å². The molecule has 1 aromatic rings. The van der Waals surface area contributed by atoms with Gasteiger partial charge in [0.15, 0.2) is 0 Å². The summed E-state index contributed by atoms with van der Waals surface area (Å²) in [5, 5.41) is 13.9. The molecule has 0 bridgehead atoms. The van der Waals surface area contributed by atoms with Crippen LogP contribution < -0.4 is 5.32 Å². The van der Waals surface area contributed by atoms with Crippen molar-refractivity contribution in [1.82, 2.24) is 0 Å². The van der Waals surface area contributed by atoms with E-state index in [0.29, 0.717) is 17.8 Å². The third-order valence-electron chi connectivity index (χ3n) is 3.57. The standard InChI is InChI=1S/C13H17FN2O2/c1-9-7-12(13(16(17)18)8-11(9)14)15-6-5-10-3-2-4-10/h7-8,10,15H,2-6H2,1H3. The first-order chi connectivity index (χ1) is 8.58. The Hall–Kier alpha value is -1.65. The fraction of sp³-hybridized carbons (Fsp3) is 0.538. The number of hydrogen-bond acceptors (Lipinski definition) is 3. The average molecular weight is 252 g/mol. The van der Waals surface area contributed by atoms with Gasteiger partial charge in [0, 0.05) is 6.54 Å². The molecule has 18 heavy (non-hydrogen) atoms. The van der Waals surface area contributed by atoms with Gasteiger partial charge in [0.25, 0.3) is 5.69 Å². The number of aryl methyl sites for hydroxylation is 1. The highest BCUT2D eigenvalue weighted by Crippen LogP contribution is 2.31. The smallest absolute Gasteiger partial charge is 0.295 e. The molecule has 0 atom stereocenters. The molecule has 1 N–H and O–H groups in total. The maximum Gasteiger partial charge on any atom is 0.295 e. The SMILES string of the molecule is Cc1cc(NCCC2CCC2)c([N+](=O)[O-])cc1F. The Morgan fingerprint density at radius 1 is 1.50 bits per heavy atom. The van der Waals surface area contributed by atoms with E-state index in [-0.39, 0.29) is 5.69 Å². The fourth-order valence-electron chi connectivity index (χ4n) is 2.16. The zero-order valence-electron chi connectivity index (χ0n) is 10.4. The minimum atomic E-state index is -0.547. The number of rotatable bonds is 5. The van der Waals surface area contributed by atoms with Gasteiger partial charge in [0.05, 0.1) is 11.0 Å². The van der Waals surface area contributed by atoms with Gasteiger partial charge in [0.1, 0.15) is 11.5 Å². The first kappa shape index (κ1) is 12.8. The second kappa shape index (κ2) is 5.33. The van der Waals surface area contributed by atoms with E-state index in [2.05, 4.69) is 5.32 Å². The molecule has 0 amide bonds. The Labute approximate surface area is 105 Å². The Balaban J connectivity index is 2.04. The molecule has 98 valence electrons. The summed E-state index contributed by atoms with van der Waals surface area (Å²) in [6.45, 7) is 2.31. The van der Waals surface area contributed by atoms with E-state index >= 15 is 0 Å². The quantitative estimate of drug-likeness (QED) is 0.643. The average Bonchev–Trinajstić information content (AvgIpc) is 2.25. The monoisotopic (exact) mass is 252 g/mol. The van der Waals surface area contributed by atoms with Crippen LogP contribution in [-0.4, -0.2) is 11.5 Å². The molecule has 0 heterocycles. The van der Waals surface area contributed by atoms with Crippen molar-refractivity contribution in [3.63, 3.8) is 0 Å². The van der Waals surface area contributed by atoms with Crippen LogP contribution >= 0.6 is 0 Å². The normalized spacial score (nSPS) is 15.2. The van der Waals surface area contributed by atoms with E-state index in [4.69, 9.17) is 0 Å². The minimum Gasteiger partial charge on any atom is -0.379 e. The number of benzene rings is 1. The van der Waals surface area contributed by atoms with E-state index in [1.54, 1.807) is 6.92 Å². The van der Waals surface area contributed by atoms with Gasteiger partial charge in [-0.2, -0.15) is 0 Å². The lowest BCUT2D eigenvalue weighted by molar-refractivity contribution is -0.384. The molecule has 1 saturated carbocycles. The summed E-state index contributed by atoms with van der Waals surface area (Å²) in [6, 6.07) is 2.50. The van der Waals surface area contributed by atoms with Crippen LogP contribution in [0.25, 0.3) is 0 Å². The molecule has 1 aliphatic carbocycles. The molecule has 2 rings (SSSR count). The predicted molar refractivity (Wildman–Crippen MR) is 68.2 cm³/mol. The number of hydrogen-bond donors (Lipinski definition) is 1. The van der Waals surface area contributed by atoms with Gasteiger partial charge in [-0.15, -0.1) is 0 Å². The van der Waals surface area contributed by atoms with Gasteiger partial charge in [-0.25, -0.2) is 4.39 Å². The van der Waals surface area contributed by atoms with Crippen LogP contribution in [0.5, 0.6) is 0 Å². The lowest BCUT2D eigenvalue weighted by Crippen LogP contribution is -2.16. The number of nitro groups is 1. The van der Waals surface area contributed by atoms with E-state index in [1.165, 1.54) is 25.3 Å². The van der Waals surface area contributed by atoms with Crippen molar-refractivity contribution in [3.8, 4) is 0 Å². The van der Waals surface area contributed by atoms with Gasteiger partial charge in [0.2, 0.25) is 0 Å². The van der Waals surface area contributed by atoms with Crippen molar-refractivity contribution in [2.24, 2.45) is 5.92 Å². The number of nitrogens with zero attached hydrogens (tertiary/aromatic N) is 1. The molecule has 1 aromatic carbocycles. The Kier molecular flexibility index (Phi) is 3.79. The highest BCUT2D eigenvalue weighted by Gasteiger charge is 2.19. The largest absolute Gasteiger partial charge is 0.379 e. The molecule has 4 nitrogen and oxygen atoms in total. The molecule has 5 heteroatoms. The Morgan fingerprint density at radius 3 is 2.78 bits per heavy atom. The number of nitrogens with one attached hydrogen (secondary N) is 1. The summed E-state index contributed by atoms with van der Waals surface area (Å²) < 4.78 is 13.3. The molecule has 0 aliphatic heterocycles. The van der Waals surface area contributed by atoms with E-state index < -0.39 is 10.7 Å². The lowest BCUT2D eigenvalue weighted by atomic mass is 9.83. The predicted octanol–water partition coefficient (Wildman–Crippen LogP) is 3.64. The van der Waals surface area contributed by atoms with Crippen LogP contribution in [0, 0.1) is 28.8 Å². The molecule has 0 spiro atoms. The van der Waals surface area contributed by atoms with Crippen LogP contribution in [0.1, 0.15) is 31.2 Å². The van der Waals surface area contributed by atoms with Crippen LogP contribution in [0.3, 0.4) is 0 Å². The van der Waals surface area contributed by atoms with Gasteiger partial charge in [-0.3, -0.25) is 10.1 Å². The van der Waals surface area contributed by atoms with Gasteiger partial charge < -0.3 is 5.32 Å². The van der Waals surface area contributed by atoms with Crippen LogP contribution in [-0.2, 0) is 0 Å². The first-order valence-electron chi connectivity index (χ1n) is 6.26. The van der Waals surface area contributed by atoms with Crippen molar-refractivity contribution in [3.05, 3.63) is 33.6 Å². The minimum absolute atomic E-state index is 0.188. The molecule has 0 saturated heterocycles. The van der Waals surface area contributed by atoms with Crippen LogP contribution in [0.4, 0.5) is 15.8 Å². The van der Waals surface area contributed by atoms with Crippen LogP contribution in [0.2, 0.25) is 0 Å². The van der Waals surface area contributed by atoms with Crippen molar-refractivity contribution in [2.45, 2.75) is 32.6 Å². The lowest BCUT2D eigenvalue weighted by Gasteiger charge is -2.25. The van der Waals surface area contributed by atoms with Crippen molar-refractivity contribution < 1.29 is 9.31 Å². The summed E-state index contributed by atoms with van der Waals surface area (Å²) in [5.41, 5.74) is 0.650. The summed E-state index contributed by atoms with van der Waals surface area (Å²) >= 11 is 0. The summed E-state index contributed by atoms with van der Waals surface area (Å²) in [4.78, 5) is 10.3. The molecule has 0 radical (unpaired) electrons. The fourth-order valence-corrected chi connectivity index (χ4v) is 2.16. The van der Waals surface area contributed by atoms with E-state index in [1.807, 2.05) is 0 Å². The maximum atomic E-state index is 13.3.